The van der Waals surface area contributed by atoms with E-state index in [-0.39, 0.29) is 5.82 Å². The van der Waals surface area contributed by atoms with Gasteiger partial charge in [-0.15, -0.1) is 0 Å². The Balaban J connectivity index is 2.30. The lowest BCUT2D eigenvalue weighted by Gasteiger charge is -2.27. The van der Waals surface area contributed by atoms with Gasteiger partial charge in [-0.25, -0.2) is 4.98 Å². The maximum Gasteiger partial charge on any atom is 0.289 e. The van der Waals surface area contributed by atoms with Crippen LogP contribution in [0.2, 0.25) is 0 Å². The molecule has 1 N–H and O–H groups in total. The Bertz CT molecular complexity index is 373. The van der Waals surface area contributed by atoms with E-state index >= 15 is 0 Å². The molecule has 76 valence electrons. The summed E-state index contributed by atoms with van der Waals surface area (Å²) < 4.78 is 18.4. The van der Waals surface area contributed by atoms with Gasteiger partial charge in [0.15, 0.2) is 5.82 Å². The largest absolute Gasteiger partial charge is 0.378 e. The quantitative estimate of drug-likeness (QED) is 0.677. The van der Waals surface area contributed by atoms with Crippen LogP contribution in [-0.4, -0.2) is 36.3 Å². The third-order valence-electron chi connectivity index (χ3n) is 2.09. The van der Waals surface area contributed by atoms with Crippen LogP contribution >= 0.6 is 0 Å². The molecule has 5 nitrogen and oxygen atoms in total. The molecule has 14 heavy (non-hydrogen) atoms. The van der Waals surface area contributed by atoms with E-state index in [2.05, 4.69) is 9.97 Å². The van der Waals surface area contributed by atoms with Crippen molar-refractivity contribution in [2.75, 3.05) is 31.2 Å². The Morgan fingerprint density at radius 3 is 2.93 bits per heavy atom. The van der Waals surface area contributed by atoms with Gasteiger partial charge in [0.2, 0.25) is 5.82 Å². The minimum Gasteiger partial charge on any atom is -0.378 e. The Hall–Kier alpha value is -1.43. The molecule has 1 saturated heterocycles. The van der Waals surface area contributed by atoms with Gasteiger partial charge in [0, 0.05) is 13.1 Å². The lowest BCUT2D eigenvalue weighted by atomic mass is 10.4. The fourth-order valence-electron chi connectivity index (χ4n) is 1.37. The monoisotopic (exact) mass is 199 g/mol. The van der Waals surface area contributed by atoms with Gasteiger partial charge in [-0.2, -0.15) is 4.39 Å². The summed E-state index contributed by atoms with van der Waals surface area (Å²) in [6.45, 7) is 2.20. The second kappa shape index (κ2) is 3.75. The van der Waals surface area contributed by atoms with E-state index in [4.69, 9.17) is 4.74 Å². The van der Waals surface area contributed by atoms with E-state index in [0.29, 0.717) is 26.3 Å². The fraction of sp³-hybridized carbons (Fsp3) is 0.500. The molecule has 0 spiro atoms. The highest BCUT2D eigenvalue weighted by Gasteiger charge is 2.17. The number of hydrogen-bond acceptors (Lipinski definition) is 4. The molecular weight excluding hydrogens is 189 g/mol. The highest BCUT2D eigenvalue weighted by molar-refractivity contribution is 5.38. The van der Waals surface area contributed by atoms with Crippen molar-refractivity contribution >= 4 is 5.82 Å². The highest BCUT2D eigenvalue weighted by atomic mass is 19.1. The van der Waals surface area contributed by atoms with Gasteiger partial charge in [-0.3, -0.25) is 4.79 Å². The SMILES string of the molecule is O=c1[nH]cnc(N2CCOCC2)c1F. The third kappa shape index (κ3) is 1.60. The van der Waals surface area contributed by atoms with Crippen LogP contribution in [0.1, 0.15) is 0 Å². The lowest BCUT2D eigenvalue weighted by molar-refractivity contribution is 0.122. The zero-order valence-electron chi connectivity index (χ0n) is 7.49. The molecule has 6 heteroatoms. The maximum absolute atomic E-state index is 13.3. The Morgan fingerprint density at radius 2 is 2.21 bits per heavy atom. The van der Waals surface area contributed by atoms with Crippen molar-refractivity contribution in [2.24, 2.45) is 0 Å². The summed E-state index contributed by atoms with van der Waals surface area (Å²) >= 11 is 0. The minimum atomic E-state index is -0.825. The first-order valence-electron chi connectivity index (χ1n) is 4.35. The van der Waals surface area contributed by atoms with Crippen LogP contribution in [0.4, 0.5) is 10.2 Å². The van der Waals surface area contributed by atoms with Crippen LogP contribution in [0.15, 0.2) is 11.1 Å². The molecule has 1 aromatic heterocycles. The van der Waals surface area contributed by atoms with Gasteiger partial charge < -0.3 is 14.6 Å². The smallest absolute Gasteiger partial charge is 0.289 e. The van der Waals surface area contributed by atoms with Crippen molar-refractivity contribution in [1.29, 1.82) is 0 Å². The number of ether oxygens (including phenoxy) is 1. The van der Waals surface area contributed by atoms with Crippen LogP contribution in [0.5, 0.6) is 0 Å². The number of halogens is 1. The summed E-state index contributed by atoms with van der Waals surface area (Å²) in [7, 11) is 0. The molecule has 0 saturated carbocycles. The molecule has 1 aliphatic heterocycles. The standard InChI is InChI=1S/C8H10FN3O2/c9-6-7(10-5-11-8(6)13)12-1-3-14-4-2-12/h5H,1-4H2,(H,10,11,13). The molecule has 0 amide bonds. The molecule has 0 radical (unpaired) electrons. The van der Waals surface area contributed by atoms with Crippen LogP contribution in [0.3, 0.4) is 0 Å². The Labute approximate surface area is 79.5 Å². The zero-order valence-corrected chi connectivity index (χ0v) is 7.49. The average molecular weight is 199 g/mol. The number of anilines is 1. The van der Waals surface area contributed by atoms with Crippen molar-refractivity contribution in [2.45, 2.75) is 0 Å². The molecule has 1 aliphatic rings. The molecule has 1 aromatic rings. The highest BCUT2D eigenvalue weighted by Crippen LogP contribution is 2.12. The molecule has 0 bridgehead atoms. The molecule has 0 aromatic carbocycles. The van der Waals surface area contributed by atoms with Crippen molar-refractivity contribution < 1.29 is 9.13 Å². The van der Waals surface area contributed by atoms with Crippen molar-refractivity contribution in [1.82, 2.24) is 9.97 Å². The van der Waals surface area contributed by atoms with Crippen molar-refractivity contribution in [3.8, 4) is 0 Å². The number of rotatable bonds is 1. The minimum absolute atomic E-state index is 0.108. The van der Waals surface area contributed by atoms with Gasteiger partial charge in [0.1, 0.15) is 0 Å². The zero-order chi connectivity index (χ0) is 9.97. The Morgan fingerprint density at radius 1 is 1.50 bits per heavy atom. The molecule has 2 rings (SSSR count). The predicted molar refractivity (Wildman–Crippen MR) is 47.8 cm³/mol. The van der Waals surface area contributed by atoms with E-state index in [1.54, 1.807) is 4.90 Å². The van der Waals surface area contributed by atoms with Gasteiger partial charge in [-0.1, -0.05) is 0 Å². The summed E-state index contributed by atoms with van der Waals surface area (Å²) in [5.74, 6) is -0.716. The van der Waals surface area contributed by atoms with E-state index in [0.717, 1.165) is 0 Å². The number of hydrogen-bond donors (Lipinski definition) is 1. The molecular formula is C8H10FN3O2. The van der Waals surface area contributed by atoms with Gasteiger partial charge >= 0.3 is 0 Å². The van der Waals surface area contributed by atoms with Crippen LogP contribution < -0.4 is 10.5 Å². The number of aromatic amines is 1. The van der Waals surface area contributed by atoms with Crippen LogP contribution in [0, 0.1) is 5.82 Å². The summed E-state index contributed by atoms with van der Waals surface area (Å²) in [5.41, 5.74) is -0.735. The predicted octanol–water partition coefficient (Wildman–Crippen LogP) is -0.254. The molecule has 0 unspecified atom stereocenters. The van der Waals surface area contributed by atoms with E-state index in [9.17, 15) is 9.18 Å². The van der Waals surface area contributed by atoms with Crippen molar-refractivity contribution in [3.63, 3.8) is 0 Å². The number of morpholine rings is 1. The number of nitrogens with zero attached hydrogens (tertiary/aromatic N) is 2. The van der Waals surface area contributed by atoms with Gasteiger partial charge in [0.25, 0.3) is 5.56 Å². The van der Waals surface area contributed by atoms with Crippen molar-refractivity contribution in [3.05, 3.63) is 22.5 Å². The topological polar surface area (TPSA) is 58.2 Å². The van der Waals surface area contributed by atoms with Gasteiger partial charge in [-0.05, 0) is 0 Å². The molecule has 1 fully saturated rings. The van der Waals surface area contributed by atoms with E-state index < -0.39 is 11.4 Å². The average Bonchev–Trinajstić information content (AvgIpc) is 2.23. The fourth-order valence-corrected chi connectivity index (χ4v) is 1.37. The number of aromatic nitrogens is 2. The van der Waals surface area contributed by atoms with Crippen LogP contribution in [0.25, 0.3) is 0 Å². The summed E-state index contributed by atoms with van der Waals surface area (Å²) in [6, 6.07) is 0. The summed E-state index contributed by atoms with van der Waals surface area (Å²) in [4.78, 5) is 18.6. The Kier molecular flexibility index (Phi) is 2.45. The first-order valence-corrected chi connectivity index (χ1v) is 4.35. The number of nitrogens with one attached hydrogen (secondary N) is 1. The summed E-state index contributed by atoms with van der Waals surface area (Å²) in [5, 5.41) is 0. The van der Waals surface area contributed by atoms with Gasteiger partial charge in [0.05, 0.1) is 19.5 Å². The molecule has 2 heterocycles. The number of H-pyrrole nitrogens is 1. The molecule has 0 atom stereocenters. The first-order chi connectivity index (χ1) is 6.79. The normalized spacial score (nSPS) is 17.1. The maximum atomic E-state index is 13.3. The lowest BCUT2D eigenvalue weighted by Crippen LogP contribution is -2.38. The van der Waals surface area contributed by atoms with E-state index in [1.165, 1.54) is 6.33 Å². The van der Waals surface area contributed by atoms with Crippen LogP contribution in [-0.2, 0) is 4.74 Å². The molecule has 0 aliphatic carbocycles. The first kappa shape index (κ1) is 9.14. The van der Waals surface area contributed by atoms with E-state index in [1.807, 2.05) is 0 Å². The second-order valence-electron chi connectivity index (χ2n) is 2.97. The third-order valence-corrected chi connectivity index (χ3v) is 2.09. The second-order valence-corrected chi connectivity index (χ2v) is 2.97. The summed E-state index contributed by atoms with van der Waals surface area (Å²) in [6.07, 6.45) is 1.20.